The van der Waals surface area contributed by atoms with E-state index in [2.05, 4.69) is 15.9 Å². The Bertz CT molecular complexity index is 359. The molecule has 1 nitrogen and oxygen atoms in total. The molecule has 0 fully saturated rings. The summed E-state index contributed by atoms with van der Waals surface area (Å²) in [5.74, 6) is -0.605. The van der Waals surface area contributed by atoms with E-state index in [0.717, 1.165) is 12.8 Å². The number of carbonyl (C=O) groups is 1. The molecule has 82 valence electrons. The average molecular weight is 273 g/mol. The first-order valence-electron chi connectivity index (χ1n) is 5.09. The number of Topliss-reactive ketones (excluding diaryl/α,β-unsaturated/α-hetero) is 1. The lowest BCUT2D eigenvalue weighted by molar-refractivity contribution is 0.0909. The predicted molar refractivity (Wildman–Crippen MR) is 62.5 cm³/mol. The molecule has 15 heavy (non-hydrogen) atoms. The lowest BCUT2D eigenvalue weighted by atomic mass is 9.93. The zero-order valence-electron chi connectivity index (χ0n) is 8.89. The van der Waals surface area contributed by atoms with Gasteiger partial charge in [0.2, 0.25) is 0 Å². The summed E-state index contributed by atoms with van der Waals surface area (Å²) >= 11 is 3.17. The van der Waals surface area contributed by atoms with Crippen LogP contribution in [0.5, 0.6) is 0 Å². The van der Waals surface area contributed by atoms with Crippen LogP contribution in [0, 0.1) is 11.7 Å². The van der Waals surface area contributed by atoms with E-state index in [9.17, 15) is 9.18 Å². The third kappa shape index (κ3) is 2.88. The molecule has 0 aliphatic rings. The van der Waals surface area contributed by atoms with Gasteiger partial charge in [0, 0.05) is 10.4 Å². The first-order valence-corrected chi connectivity index (χ1v) is 5.88. The van der Waals surface area contributed by atoms with Gasteiger partial charge in [0.1, 0.15) is 5.82 Å². The van der Waals surface area contributed by atoms with Gasteiger partial charge in [0.25, 0.3) is 0 Å². The fraction of sp³-hybridized carbons (Fsp3) is 0.417. The molecule has 0 aliphatic heterocycles. The zero-order chi connectivity index (χ0) is 11.4. The van der Waals surface area contributed by atoms with E-state index >= 15 is 0 Å². The molecule has 0 heterocycles. The fourth-order valence-electron chi connectivity index (χ4n) is 1.57. The van der Waals surface area contributed by atoms with Crippen LogP contribution in [-0.2, 0) is 0 Å². The van der Waals surface area contributed by atoms with E-state index in [1.165, 1.54) is 6.07 Å². The van der Waals surface area contributed by atoms with Gasteiger partial charge in [-0.3, -0.25) is 4.79 Å². The van der Waals surface area contributed by atoms with Gasteiger partial charge in [-0.2, -0.15) is 0 Å². The van der Waals surface area contributed by atoms with Gasteiger partial charge >= 0.3 is 0 Å². The van der Waals surface area contributed by atoms with Crippen molar-refractivity contribution in [3.8, 4) is 0 Å². The molecule has 0 spiro atoms. The van der Waals surface area contributed by atoms with Crippen LogP contribution in [0.4, 0.5) is 4.39 Å². The number of benzene rings is 1. The van der Waals surface area contributed by atoms with Gasteiger partial charge in [0.15, 0.2) is 5.78 Å². The molecule has 0 unspecified atom stereocenters. The second kappa shape index (κ2) is 5.40. The highest BCUT2D eigenvalue weighted by molar-refractivity contribution is 9.10. The smallest absolute Gasteiger partial charge is 0.168 e. The van der Waals surface area contributed by atoms with E-state index in [1.807, 2.05) is 13.8 Å². The zero-order valence-corrected chi connectivity index (χ0v) is 10.5. The predicted octanol–water partition coefficient (Wildman–Crippen LogP) is 4.21. The first-order chi connectivity index (χ1) is 7.10. The third-order valence-electron chi connectivity index (χ3n) is 2.55. The summed E-state index contributed by atoms with van der Waals surface area (Å²) in [4.78, 5) is 11.9. The minimum atomic E-state index is -0.443. The van der Waals surface area contributed by atoms with E-state index in [4.69, 9.17) is 0 Å². The normalized spacial score (nSPS) is 10.7. The highest BCUT2D eigenvalue weighted by Crippen LogP contribution is 2.21. The number of hydrogen-bond donors (Lipinski definition) is 0. The molecule has 0 atom stereocenters. The van der Waals surface area contributed by atoms with Crippen LogP contribution >= 0.6 is 15.9 Å². The van der Waals surface area contributed by atoms with Crippen molar-refractivity contribution in [2.75, 3.05) is 0 Å². The van der Waals surface area contributed by atoms with E-state index in [-0.39, 0.29) is 17.3 Å². The fourth-order valence-corrected chi connectivity index (χ4v) is 1.90. The Hall–Kier alpha value is -0.700. The maximum Gasteiger partial charge on any atom is 0.168 e. The van der Waals surface area contributed by atoms with Crippen molar-refractivity contribution in [1.29, 1.82) is 0 Å². The van der Waals surface area contributed by atoms with Crippen LogP contribution in [0.25, 0.3) is 0 Å². The molecule has 0 saturated heterocycles. The van der Waals surface area contributed by atoms with E-state index in [0.29, 0.717) is 4.47 Å². The Morgan fingerprint density at radius 1 is 1.40 bits per heavy atom. The largest absolute Gasteiger partial charge is 0.294 e. The van der Waals surface area contributed by atoms with Crippen molar-refractivity contribution in [3.05, 3.63) is 34.1 Å². The maximum absolute atomic E-state index is 13.5. The van der Waals surface area contributed by atoms with Crippen molar-refractivity contribution in [3.63, 3.8) is 0 Å². The summed E-state index contributed by atoms with van der Waals surface area (Å²) in [7, 11) is 0. The number of ketones is 1. The monoisotopic (exact) mass is 272 g/mol. The van der Waals surface area contributed by atoms with E-state index in [1.54, 1.807) is 12.1 Å². The van der Waals surface area contributed by atoms with Crippen LogP contribution in [-0.4, -0.2) is 5.78 Å². The van der Waals surface area contributed by atoms with Crippen molar-refractivity contribution in [2.45, 2.75) is 26.7 Å². The SMILES string of the molecule is CCC(CC)C(=O)c1ccc(Br)cc1F. The number of halogens is 2. The Morgan fingerprint density at radius 2 is 2.00 bits per heavy atom. The number of carbonyl (C=O) groups excluding carboxylic acids is 1. The molecule has 0 bridgehead atoms. The Kier molecular flexibility index (Phi) is 4.45. The number of rotatable bonds is 4. The lowest BCUT2D eigenvalue weighted by Gasteiger charge is -2.11. The van der Waals surface area contributed by atoms with Crippen molar-refractivity contribution >= 4 is 21.7 Å². The molecule has 0 N–H and O–H groups in total. The Balaban J connectivity index is 3.00. The van der Waals surface area contributed by atoms with Gasteiger partial charge in [-0.15, -0.1) is 0 Å². The van der Waals surface area contributed by atoms with Gasteiger partial charge in [-0.1, -0.05) is 29.8 Å². The van der Waals surface area contributed by atoms with Crippen molar-refractivity contribution in [1.82, 2.24) is 0 Å². The summed E-state index contributed by atoms with van der Waals surface area (Å²) in [6.45, 7) is 3.89. The van der Waals surface area contributed by atoms with Crippen LogP contribution in [0.3, 0.4) is 0 Å². The van der Waals surface area contributed by atoms with Crippen molar-refractivity contribution < 1.29 is 9.18 Å². The summed E-state index contributed by atoms with van der Waals surface area (Å²) < 4.78 is 14.1. The molecular formula is C12H14BrFO. The minimum absolute atomic E-state index is 0.0688. The Labute approximate surface area is 97.8 Å². The molecule has 0 aliphatic carbocycles. The highest BCUT2D eigenvalue weighted by atomic mass is 79.9. The highest BCUT2D eigenvalue weighted by Gasteiger charge is 2.19. The van der Waals surface area contributed by atoms with Crippen LogP contribution < -0.4 is 0 Å². The second-order valence-electron chi connectivity index (χ2n) is 3.50. The molecule has 0 amide bonds. The average Bonchev–Trinajstić information content (AvgIpc) is 2.19. The molecule has 0 aromatic heterocycles. The summed E-state index contributed by atoms with van der Waals surface area (Å²) in [6.07, 6.45) is 1.51. The number of hydrogen-bond acceptors (Lipinski definition) is 1. The molecule has 1 aromatic carbocycles. The first kappa shape index (κ1) is 12.4. The van der Waals surface area contributed by atoms with Crippen LogP contribution in [0.15, 0.2) is 22.7 Å². The summed E-state index contributed by atoms with van der Waals surface area (Å²) in [6, 6.07) is 4.56. The van der Waals surface area contributed by atoms with Gasteiger partial charge in [-0.25, -0.2) is 4.39 Å². The molecular weight excluding hydrogens is 259 g/mol. The van der Waals surface area contributed by atoms with E-state index < -0.39 is 5.82 Å². The van der Waals surface area contributed by atoms with Crippen molar-refractivity contribution in [2.24, 2.45) is 5.92 Å². The maximum atomic E-state index is 13.5. The molecule has 3 heteroatoms. The molecule has 0 radical (unpaired) electrons. The molecule has 0 saturated carbocycles. The quantitative estimate of drug-likeness (QED) is 0.751. The van der Waals surface area contributed by atoms with Crippen LogP contribution in [0.1, 0.15) is 37.0 Å². The molecule has 1 rings (SSSR count). The lowest BCUT2D eigenvalue weighted by Crippen LogP contribution is -2.14. The topological polar surface area (TPSA) is 17.1 Å². The third-order valence-corrected chi connectivity index (χ3v) is 3.05. The van der Waals surface area contributed by atoms with Gasteiger partial charge in [-0.05, 0) is 31.0 Å². The minimum Gasteiger partial charge on any atom is -0.294 e. The standard InChI is InChI=1S/C12H14BrFO/c1-3-8(4-2)12(15)10-6-5-9(13)7-11(10)14/h5-8H,3-4H2,1-2H3. The second-order valence-corrected chi connectivity index (χ2v) is 4.42. The van der Waals surface area contributed by atoms with Crippen LogP contribution in [0.2, 0.25) is 0 Å². The van der Waals surface area contributed by atoms with Gasteiger partial charge in [0.05, 0.1) is 5.56 Å². The summed E-state index contributed by atoms with van der Waals surface area (Å²) in [5, 5.41) is 0. The van der Waals surface area contributed by atoms with Gasteiger partial charge < -0.3 is 0 Å². The Morgan fingerprint density at radius 3 is 2.47 bits per heavy atom. The molecule has 1 aromatic rings. The summed E-state index contributed by atoms with van der Waals surface area (Å²) in [5.41, 5.74) is 0.201.